The van der Waals surface area contributed by atoms with Crippen molar-refractivity contribution in [2.75, 3.05) is 18.9 Å². The Kier molecular flexibility index (Phi) is 5.57. The molecule has 1 N–H and O–H groups in total. The van der Waals surface area contributed by atoms with Gasteiger partial charge in [0.2, 0.25) is 10.0 Å². The average Bonchev–Trinajstić information content (AvgIpc) is 2.92. The largest absolute Gasteiger partial charge is 0.492 e. The number of aryl methyl sites for hydroxylation is 1. The van der Waals surface area contributed by atoms with E-state index in [1.54, 1.807) is 23.0 Å². The van der Waals surface area contributed by atoms with Gasteiger partial charge >= 0.3 is 0 Å². The molecule has 1 heterocycles. The van der Waals surface area contributed by atoms with E-state index in [1.807, 2.05) is 38.2 Å². The zero-order valence-corrected chi connectivity index (χ0v) is 13.6. The minimum Gasteiger partial charge on any atom is -0.492 e. The highest BCUT2D eigenvalue weighted by Crippen LogP contribution is 2.08. The summed E-state index contributed by atoms with van der Waals surface area (Å²) in [7, 11) is -3.36. The molecular weight excluding hydrogens is 302 g/mol. The lowest BCUT2D eigenvalue weighted by Gasteiger charge is -2.14. The molecule has 0 aliphatic rings. The highest BCUT2D eigenvalue weighted by atomic mass is 32.2. The van der Waals surface area contributed by atoms with E-state index in [4.69, 9.17) is 4.74 Å². The Morgan fingerprint density at radius 1 is 1.32 bits per heavy atom. The Morgan fingerprint density at radius 2 is 2.05 bits per heavy atom. The highest BCUT2D eigenvalue weighted by Gasteiger charge is 2.13. The quantitative estimate of drug-likeness (QED) is 0.803. The molecule has 0 spiro atoms. The number of nitrogens with zero attached hydrogens (tertiary/aromatic N) is 2. The number of ether oxygens (including phenoxy) is 1. The summed E-state index contributed by atoms with van der Waals surface area (Å²) < 4.78 is 33.6. The fraction of sp³-hybridized carbons (Fsp3) is 0.400. The van der Waals surface area contributed by atoms with E-state index in [0.29, 0.717) is 12.3 Å². The summed E-state index contributed by atoms with van der Waals surface area (Å²) in [5.41, 5.74) is 1.05. The molecule has 1 aromatic heterocycles. The highest BCUT2D eigenvalue weighted by molar-refractivity contribution is 7.89. The lowest BCUT2D eigenvalue weighted by molar-refractivity contribution is 0.340. The van der Waals surface area contributed by atoms with Gasteiger partial charge in [0.25, 0.3) is 0 Å². The molecule has 0 saturated carbocycles. The number of nitrogens with one attached hydrogen (secondary N) is 1. The molecule has 1 aromatic carbocycles. The van der Waals surface area contributed by atoms with Crippen LogP contribution >= 0.6 is 0 Å². The Morgan fingerprint density at radius 3 is 2.68 bits per heavy atom. The van der Waals surface area contributed by atoms with Crippen molar-refractivity contribution in [1.29, 1.82) is 0 Å². The molecule has 0 unspecified atom stereocenters. The number of sulfonamides is 1. The number of rotatable bonds is 8. The van der Waals surface area contributed by atoms with Crippen molar-refractivity contribution in [3.8, 4) is 5.75 Å². The third-order valence-electron chi connectivity index (χ3n) is 3.14. The molecule has 7 heteroatoms. The summed E-state index contributed by atoms with van der Waals surface area (Å²) in [6.45, 7) is 4.28. The summed E-state index contributed by atoms with van der Waals surface area (Å²) >= 11 is 0. The molecule has 2 rings (SSSR count). The van der Waals surface area contributed by atoms with Gasteiger partial charge in [-0.2, -0.15) is 5.10 Å². The molecule has 0 aliphatic heterocycles. The standard InChI is InChI=1S/C15H21N3O3S/c1-13-10-16-18(12-13)14(2)11-17-22(19,20)9-8-21-15-6-4-3-5-7-15/h3-7,10,12,14,17H,8-9,11H2,1-2H3/t14-/m0/s1. The average molecular weight is 323 g/mol. The Balaban J connectivity index is 1.76. The molecule has 2 aromatic rings. The molecule has 0 radical (unpaired) electrons. The molecule has 1 atom stereocenters. The molecule has 0 aliphatic carbocycles. The SMILES string of the molecule is Cc1cnn([C@@H](C)CNS(=O)(=O)CCOc2ccccc2)c1. The fourth-order valence-electron chi connectivity index (χ4n) is 1.87. The summed E-state index contributed by atoms with van der Waals surface area (Å²) in [5.74, 6) is 0.588. The van der Waals surface area contributed by atoms with Crippen LogP contribution in [0.15, 0.2) is 42.7 Å². The second-order valence-electron chi connectivity index (χ2n) is 5.18. The minimum absolute atomic E-state index is 0.0430. The van der Waals surface area contributed by atoms with Crippen LogP contribution in [0.5, 0.6) is 5.75 Å². The zero-order valence-electron chi connectivity index (χ0n) is 12.8. The van der Waals surface area contributed by atoms with Crippen molar-refractivity contribution in [2.45, 2.75) is 19.9 Å². The monoisotopic (exact) mass is 323 g/mol. The van der Waals surface area contributed by atoms with E-state index in [9.17, 15) is 8.42 Å². The second-order valence-corrected chi connectivity index (χ2v) is 7.10. The topological polar surface area (TPSA) is 73.2 Å². The molecule has 0 bridgehead atoms. The zero-order chi connectivity index (χ0) is 16.0. The smallest absolute Gasteiger partial charge is 0.215 e. The van der Waals surface area contributed by atoms with E-state index in [2.05, 4.69) is 9.82 Å². The van der Waals surface area contributed by atoms with Gasteiger partial charge in [-0.1, -0.05) is 18.2 Å². The van der Waals surface area contributed by atoms with Gasteiger partial charge in [0.1, 0.15) is 12.4 Å². The van der Waals surface area contributed by atoms with Gasteiger partial charge in [-0.05, 0) is 31.5 Å². The van der Waals surface area contributed by atoms with E-state index in [0.717, 1.165) is 5.56 Å². The first kappa shape index (κ1) is 16.5. The summed E-state index contributed by atoms with van der Waals surface area (Å²) in [4.78, 5) is 0. The first-order valence-corrected chi connectivity index (χ1v) is 8.77. The molecule has 120 valence electrons. The van der Waals surface area contributed by atoms with Crippen LogP contribution in [0.4, 0.5) is 0 Å². The Bertz CT molecular complexity index is 683. The molecular formula is C15H21N3O3S. The summed E-state index contributed by atoms with van der Waals surface area (Å²) in [6.07, 6.45) is 3.64. The third-order valence-corrected chi connectivity index (χ3v) is 4.46. The summed E-state index contributed by atoms with van der Waals surface area (Å²) in [5, 5.41) is 4.18. The first-order valence-electron chi connectivity index (χ1n) is 7.12. The number of hydrogen-bond acceptors (Lipinski definition) is 4. The van der Waals surface area contributed by atoms with Crippen LogP contribution in [-0.2, 0) is 10.0 Å². The van der Waals surface area contributed by atoms with Crippen molar-refractivity contribution in [3.05, 3.63) is 48.3 Å². The van der Waals surface area contributed by atoms with Crippen molar-refractivity contribution in [3.63, 3.8) is 0 Å². The first-order chi connectivity index (χ1) is 10.5. The van der Waals surface area contributed by atoms with E-state index >= 15 is 0 Å². The van der Waals surface area contributed by atoms with Crippen LogP contribution in [-0.4, -0.2) is 37.1 Å². The maximum Gasteiger partial charge on any atom is 0.215 e. The van der Waals surface area contributed by atoms with Gasteiger partial charge in [-0.25, -0.2) is 13.1 Å². The van der Waals surface area contributed by atoms with Crippen molar-refractivity contribution in [2.24, 2.45) is 0 Å². The van der Waals surface area contributed by atoms with Gasteiger partial charge in [0.05, 0.1) is 18.0 Å². The van der Waals surface area contributed by atoms with Crippen LogP contribution in [0, 0.1) is 6.92 Å². The van der Waals surface area contributed by atoms with Crippen LogP contribution in [0.3, 0.4) is 0 Å². The number of para-hydroxylation sites is 1. The number of aromatic nitrogens is 2. The van der Waals surface area contributed by atoms with Crippen LogP contribution in [0.25, 0.3) is 0 Å². The maximum atomic E-state index is 11.9. The number of hydrogen-bond donors (Lipinski definition) is 1. The van der Waals surface area contributed by atoms with E-state index in [1.165, 1.54) is 0 Å². The molecule has 0 saturated heterocycles. The van der Waals surface area contributed by atoms with Gasteiger partial charge in [0, 0.05) is 12.7 Å². The van der Waals surface area contributed by atoms with E-state index < -0.39 is 10.0 Å². The predicted octanol–water partition coefficient (Wildman–Crippen LogP) is 1.75. The Labute approximate surface area is 131 Å². The van der Waals surface area contributed by atoms with Crippen molar-refractivity contribution >= 4 is 10.0 Å². The van der Waals surface area contributed by atoms with E-state index in [-0.39, 0.29) is 18.4 Å². The molecule has 0 amide bonds. The van der Waals surface area contributed by atoms with Crippen LogP contribution in [0.1, 0.15) is 18.5 Å². The maximum absolute atomic E-state index is 11.9. The molecule has 0 fully saturated rings. The van der Waals surface area contributed by atoms with Gasteiger partial charge in [-0.3, -0.25) is 4.68 Å². The molecule has 6 nitrogen and oxygen atoms in total. The minimum atomic E-state index is -3.36. The van der Waals surface area contributed by atoms with Gasteiger partial charge < -0.3 is 4.74 Å². The van der Waals surface area contributed by atoms with Crippen LogP contribution < -0.4 is 9.46 Å². The Hall–Kier alpha value is -1.86. The van der Waals surface area contributed by atoms with Crippen LogP contribution in [0.2, 0.25) is 0 Å². The predicted molar refractivity (Wildman–Crippen MR) is 85.4 cm³/mol. The number of benzene rings is 1. The third kappa shape index (κ3) is 5.16. The van der Waals surface area contributed by atoms with Gasteiger partial charge in [0.15, 0.2) is 0 Å². The normalized spacial score (nSPS) is 13.0. The lowest BCUT2D eigenvalue weighted by atomic mass is 10.3. The van der Waals surface area contributed by atoms with Crippen molar-refractivity contribution < 1.29 is 13.2 Å². The van der Waals surface area contributed by atoms with Gasteiger partial charge in [-0.15, -0.1) is 0 Å². The van der Waals surface area contributed by atoms with Crippen molar-refractivity contribution in [1.82, 2.24) is 14.5 Å². The fourth-order valence-corrected chi connectivity index (χ4v) is 2.82. The second kappa shape index (κ2) is 7.42. The molecule has 22 heavy (non-hydrogen) atoms. The lowest BCUT2D eigenvalue weighted by Crippen LogP contribution is -2.33. The summed E-state index contributed by atoms with van der Waals surface area (Å²) in [6, 6.07) is 9.11.